The molecule has 43 heavy (non-hydrogen) atoms. The summed E-state index contributed by atoms with van der Waals surface area (Å²) in [5, 5.41) is 3.14. The predicted molar refractivity (Wildman–Crippen MR) is 173 cm³/mol. The molecule has 0 aliphatic heterocycles. The molecular weight excluding hydrogens is 532 g/mol. The van der Waals surface area contributed by atoms with Crippen LogP contribution in [0.1, 0.15) is 47.9 Å². The second-order valence-electron chi connectivity index (χ2n) is 11.3. The van der Waals surface area contributed by atoms with Gasteiger partial charge in [0.25, 0.3) is 0 Å². The summed E-state index contributed by atoms with van der Waals surface area (Å²) in [6, 6.07) is 41.0. The largest absolute Gasteiger partial charge is 0.334 e. The highest BCUT2D eigenvalue weighted by Gasteiger charge is 2.48. The molecule has 0 spiro atoms. The maximum atomic E-state index is 13.4. The normalized spacial score (nSPS) is 19.3. The topological polar surface area (TPSA) is 65.0 Å². The zero-order valence-corrected chi connectivity index (χ0v) is 25.4. The van der Waals surface area contributed by atoms with E-state index in [1.165, 1.54) is 17.2 Å². The molecule has 0 heterocycles. The van der Waals surface area contributed by atoms with Gasteiger partial charge in [-0.25, -0.2) is 14.6 Å². The lowest BCUT2D eigenvalue weighted by Crippen LogP contribution is -2.56. The second-order valence-corrected chi connectivity index (χ2v) is 11.3. The predicted octanol–water partition coefficient (Wildman–Crippen LogP) is 7.28. The van der Waals surface area contributed by atoms with Crippen LogP contribution in [0.4, 0.5) is 4.79 Å². The van der Waals surface area contributed by atoms with Crippen molar-refractivity contribution in [3.05, 3.63) is 144 Å². The summed E-state index contributed by atoms with van der Waals surface area (Å²) >= 11 is 0. The van der Waals surface area contributed by atoms with Gasteiger partial charge in [-0.05, 0) is 62.0 Å². The molecule has 0 bridgehead atoms. The Morgan fingerprint density at radius 2 is 1.09 bits per heavy atom. The first-order chi connectivity index (χ1) is 20.9. The molecule has 1 aliphatic carbocycles. The number of hydrogen-bond donors (Lipinski definition) is 1. The number of hydrogen-bond acceptors (Lipinski definition) is 4. The number of benzene rings is 4. The quantitative estimate of drug-likeness (QED) is 0.178. The Labute approximate surface area is 256 Å². The molecule has 0 unspecified atom stereocenters. The summed E-state index contributed by atoms with van der Waals surface area (Å²) in [5.74, 6) is 0. The maximum absolute atomic E-state index is 13.4. The molecule has 4 aromatic carbocycles. The van der Waals surface area contributed by atoms with Crippen LogP contribution >= 0.6 is 0 Å². The van der Waals surface area contributed by atoms with E-state index in [1.807, 2.05) is 78.7 Å². The smallest absolute Gasteiger partial charge is 0.318 e. The standard InChI is InChI=1S/C29H35N3O.C8H7NO/c1-31(2)28(25-15-9-5-10-16-25)19-21-29(22-20-28,26-17-11-6-12-18-26)32(3)27(33)30-23-24-13-7-4-8-14-24;10-7-9-6-8-4-2-1-3-5-8/h4-18H,19-23H2,1-3H3,(H,30,33);1-5H,6H2. The fraction of sp³-hybridized carbons (Fsp3) is 0.297. The zero-order valence-electron chi connectivity index (χ0n) is 25.4. The number of isocyanates is 1. The highest BCUT2D eigenvalue weighted by atomic mass is 16.2. The van der Waals surface area contributed by atoms with Crippen molar-refractivity contribution in [3.8, 4) is 0 Å². The maximum Gasteiger partial charge on any atom is 0.318 e. The van der Waals surface area contributed by atoms with Gasteiger partial charge in [-0.2, -0.15) is 0 Å². The van der Waals surface area contributed by atoms with E-state index < -0.39 is 0 Å². The lowest BCUT2D eigenvalue weighted by molar-refractivity contribution is 0.0138. The van der Waals surface area contributed by atoms with Crippen molar-refractivity contribution in [2.45, 2.75) is 49.9 Å². The van der Waals surface area contributed by atoms with Gasteiger partial charge >= 0.3 is 6.03 Å². The summed E-state index contributed by atoms with van der Waals surface area (Å²) in [5.41, 5.74) is 4.34. The van der Waals surface area contributed by atoms with E-state index >= 15 is 0 Å². The molecule has 1 saturated carbocycles. The average Bonchev–Trinajstić information content (AvgIpc) is 3.08. The first kappa shape index (κ1) is 31.4. The molecular formula is C37H42N4O2. The fourth-order valence-corrected chi connectivity index (χ4v) is 6.18. The Kier molecular flexibility index (Phi) is 11.0. The molecule has 0 radical (unpaired) electrons. The lowest BCUT2D eigenvalue weighted by Gasteiger charge is -2.53. The number of carbonyl (C=O) groups is 1. The monoisotopic (exact) mass is 574 g/mol. The van der Waals surface area contributed by atoms with Gasteiger partial charge in [-0.15, -0.1) is 0 Å². The summed E-state index contributed by atoms with van der Waals surface area (Å²) in [6.45, 7) is 0.963. The van der Waals surface area contributed by atoms with Gasteiger partial charge in [0.2, 0.25) is 6.08 Å². The van der Waals surface area contributed by atoms with Crippen molar-refractivity contribution in [2.75, 3.05) is 21.1 Å². The molecule has 0 atom stereocenters. The highest BCUT2D eigenvalue weighted by molar-refractivity contribution is 5.75. The highest BCUT2D eigenvalue weighted by Crippen LogP contribution is 2.50. The van der Waals surface area contributed by atoms with E-state index in [2.05, 4.69) is 83.9 Å². The molecule has 2 amide bonds. The Balaban J connectivity index is 0.000000359. The van der Waals surface area contributed by atoms with E-state index in [1.54, 1.807) is 0 Å². The molecule has 0 aromatic heterocycles. The van der Waals surface area contributed by atoms with Gasteiger partial charge in [-0.1, -0.05) is 121 Å². The number of rotatable bonds is 8. The van der Waals surface area contributed by atoms with E-state index in [9.17, 15) is 9.59 Å². The number of aliphatic imine (C=N–C) groups is 1. The Bertz CT molecular complexity index is 1450. The molecule has 1 fully saturated rings. The Morgan fingerprint density at radius 1 is 0.674 bits per heavy atom. The van der Waals surface area contributed by atoms with Gasteiger partial charge < -0.3 is 10.2 Å². The van der Waals surface area contributed by atoms with Gasteiger partial charge in [-0.3, -0.25) is 4.90 Å². The molecule has 222 valence electrons. The fourth-order valence-electron chi connectivity index (χ4n) is 6.18. The Morgan fingerprint density at radius 3 is 1.56 bits per heavy atom. The van der Waals surface area contributed by atoms with Crippen molar-refractivity contribution >= 4 is 12.1 Å². The van der Waals surface area contributed by atoms with E-state index in [0.717, 1.165) is 36.8 Å². The first-order valence-corrected chi connectivity index (χ1v) is 14.8. The molecule has 6 heteroatoms. The molecule has 1 aliphatic rings. The van der Waals surface area contributed by atoms with Crippen molar-refractivity contribution in [3.63, 3.8) is 0 Å². The number of urea groups is 1. The molecule has 1 N–H and O–H groups in total. The van der Waals surface area contributed by atoms with Crippen LogP contribution in [0.15, 0.2) is 126 Å². The van der Waals surface area contributed by atoms with E-state index in [4.69, 9.17) is 0 Å². The lowest BCUT2D eigenvalue weighted by atomic mass is 9.66. The van der Waals surface area contributed by atoms with Crippen LogP contribution in [-0.4, -0.2) is 43.1 Å². The van der Waals surface area contributed by atoms with Crippen molar-refractivity contribution in [1.82, 2.24) is 15.1 Å². The average molecular weight is 575 g/mol. The number of nitrogens with one attached hydrogen (secondary N) is 1. The van der Waals surface area contributed by atoms with Crippen molar-refractivity contribution in [1.29, 1.82) is 0 Å². The van der Waals surface area contributed by atoms with Gasteiger partial charge in [0.05, 0.1) is 12.1 Å². The summed E-state index contributed by atoms with van der Waals surface area (Å²) in [6.07, 6.45) is 5.26. The summed E-state index contributed by atoms with van der Waals surface area (Å²) in [7, 11) is 6.32. The molecule has 6 nitrogen and oxygen atoms in total. The van der Waals surface area contributed by atoms with Crippen molar-refractivity contribution in [2.24, 2.45) is 4.99 Å². The third-order valence-electron chi connectivity index (χ3n) is 8.78. The van der Waals surface area contributed by atoms with E-state index in [0.29, 0.717) is 13.1 Å². The third-order valence-corrected chi connectivity index (χ3v) is 8.78. The SMILES string of the molecule is CN(C)C1(c2ccccc2)CCC(c2ccccc2)(N(C)C(=O)NCc2ccccc2)CC1.O=C=NCc1ccccc1. The minimum absolute atomic E-state index is 0.0269. The third kappa shape index (κ3) is 7.66. The van der Waals surface area contributed by atoms with Gasteiger partial charge in [0, 0.05) is 19.1 Å². The Hall–Kier alpha value is -4.51. The number of nitrogens with zero attached hydrogens (tertiary/aromatic N) is 3. The van der Waals surface area contributed by atoms with Crippen LogP contribution in [0.5, 0.6) is 0 Å². The van der Waals surface area contributed by atoms with Crippen molar-refractivity contribution < 1.29 is 9.59 Å². The second kappa shape index (κ2) is 15.1. The van der Waals surface area contributed by atoms with Crippen LogP contribution < -0.4 is 5.32 Å². The van der Waals surface area contributed by atoms with Crippen LogP contribution in [0.25, 0.3) is 0 Å². The minimum Gasteiger partial charge on any atom is -0.334 e. The minimum atomic E-state index is -0.337. The van der Waals surface area contributed by atoms with Gasteiger partial charge in [0.15, 0.2) is 0 Å². The van der Waals surface area contributed by atoms with E-state index in [-0.39, 0.29) is 17.1 Å². The number of amides is 2. The molecule has 0 saturated heterocycles. The summed E-state index contributed by atoms with van der Waals surface area (Å²) in [4.78, 5) is 30.8. The first-order valence-electron chi connectivity index (χ1n) is 14.8. The van der Waals surface area contributed by atoms with Crippen LogP contribution in [0.3, 0.4) is 0 Å². The zero-order chi connectivity index (χ0) is 30.5. The number of carbonyl (C=O) groups excluding carboxylic acids is 2. The van der Waals surface area contributed by atoms with Crippen LogP contribution in [-0.2, 0) is 29.0 Å². The molecule has 5 rings (SSSR count). The van der Waals surface area contributed by atoms with Crippen LogP contribution in [0.2, 0.25) is 0 Å². The van der Waals surface area contributed by atoms with Gasteiger partial charge in [0.1, 0.15) is 0 Å². The summed E-state index contributed by atoms with van der Waals surface area (Å²) < 4.78 is 0. The van der Waals surface area contributed by atoms with Crippen LogP contribution in [0, 0.1) is 0 Å². The molecule has 4 aromatic rings.